The van der Waals surface area contributed by atoms with Crippen LogP contribution >= 0.6 is 0 Å². The minimum absolute atomic E-state index is 0.0480. The van der Waals surface area contributed by atoms with Crippen molar-refractivity contribution >= 4 is 10.9 Å². The second-order valence-electron chi connectivity index (χ2n) is 7.80. The Morgan fingerprint density at radius 1 is 1.30 bits per heavy atom. The summed E-state index contributed by atoms with van der Waals surface area (Å²) >= 11 is 0. The smallest absolute Gasteiger partial charge is 0.252 e. The number of aromatic amines is 1. The quantitative estimate of drug-likeness (QED) is 0.356. The van der Waals surface area contributed by atoms with Gasteiger partial charge < -0.3 is 19.2 Å². The summed E-state index contributed by atoms with van der Waals surface area (Å²) in [5, 5.41) is 22.5. The zero-order valence-electron chi connectivity index (χ0n) is 18.8. The number of aromatic nitrogens is 5. The molecule has 0 saturated heterocycles. The second kappa shape index (κ2) is 10.4. The maximum absolute atomic E-state index is 12.8. The van der Waals surface area contributed by atoms with Crippen LogP contribution in [0.1, 0.15) is 43.5 Å². The second-order valence-corrected chi connectivity index (χ2v) is 7.80. The molecule has 0 aliphatic heterocycles. The zero-order chi connectivity index (χ0) is 23.2. The number of hydrogen-bond donors (Lipinski definition) is 2. The Balaban J connectivity index is 1.61. The van der Waals surface area contributed by atoms with Crippen molar-refractivity contribution in [2.45, 2.75) is 39.4 Å². The molecule has 0 fully saturated rings. The molecule has 33 heavy (non-hydrogen) atoms. The number of nitrogens with one attached hydrogen (secondary N) is 1. The highest BCUT2D eigenvalue weighted by molar-refractivity contribution is 5.80. The zero-order valence-corrected chi connectivity index (χ0v) is 18.8. The molecular formula is C23H28N6O4. The van der Waals surface area contributed by atoms with E-state index in [9.17, 15) is 9.90 Å². The van der Waals surface area contributed by atoms with E-state index in [2.05, 4.69) is 25.4 Å². The summed E-state index contributed by atoms with van der Waals surface area (Å²) in [7, 11) is 0. The van der Waals surface area contributed by atoms with Gasteiger partial charge >= 0.3 is 0 Å². The number of tetrazole rings is 1. The molecule has 0 aliphatic rings. The number of furan rings is 1. The van der Waals surface area contributed by atoms with Crippen LogP contribution in [0.15, 0.2) is 51.9 Å². The Kier molecular flexibility index (Phi) is 7.16. The van der Waals surface area contributed by atoms with E-state index in [1.54, 1.807) is 10.9 Å². The number of pyridine rings is 1. The maximum atomic E-state index is 12.8. The first kappa shape index (κ1) is 22.7. The van der Waals surface area contributed by atoms with Gasteiger partial charge in [-0.15, -0.1) is 5.10 Å². The molecule has 4 aromatic rings. The van der Waals surface area contributed by atoms with Gasteiger partial charge in [0.1, 0.15) is 18.1 Å². The molecule has 174 valence electrons. The fourth-order valence-corrected chi connectivity index (χ4v) is 3.84. The van der Waals surface area contributed by atoms with E-state index in [-0.39, 0.29) is 18.2 Å². The van der Waals surface area contributed by atoms with Crippen molar-refractivity contribution in [2.24, 2.45) is 0 Å². The minimum atomic E-state index is -0.202. The SMILES string of the molecule is CCOc1ccc2[nH]c(=O)c(CN(CCCO)[C@H](C)c3nnnn3Cc3ccco3)cc2c1. The first-order valence-electron chi connectivity index (χ1n) is 11.0. The van der Waals surface area contributed by atoms with E-state index in [1.807, 2.05) is 50.2 Å². The molecule has 4 rings (SSSR count). The first-order chi connectivity index (χ1) is 16.1. The average molecular weight is 453 g/mol. The molecule has 0 spiro atoms. The Morgan fingerprint density at radius 3 is 2.94 bits per heavy atom. The van der Waals surface area contributed by atoms with Crippen LogP contribution in [-0.2, 0) is 13.1 Å². The van der Waals surface area contributed by atoms with Crippen molar-refractivity contribution in [3.8, 4) is 5.75 Å². The van der Waals surface area contributed by atoms with Gasteiger partial charge in [-0.25, -0.2) is 4.68 Å². The van der Waals surface area contributed by atoms with Crippen LogP contribution in [0.3, 0.4) is 0 Å². The Morgan fingerprint density at radius 2 is 2.18 bits per heavy atom. The molecule has 0 saturated carbocycles. The standard InChI is InChI=1S/C23H28N6O4/c1-3-32-19-7-8-21-17(13-19)12-18(23(31)24-21)14-28(9-5-10-30)16(2)22-25-26-27-29(22)15-20-6-4-11-33-20/h4,6-8,11-13,16,30H,3,5,9-10,14-15H2,1-2H3,(H,24,31)/t16-/m1/s1. The summed E-state index contributed by atoms with van der Waals surface area (Å²) in [5.74, 6) is 2.15. The number of benzene rings is 1. The van der Waals surface area contributed by atoms with E-state index in [0.29, 0.717) is 44.0 Å². The van der Waals surface area contributed by atoms with Crippen molar-refractivity contribution in [1.29, 1.82) is 0 Å². The Bertz CT molecular complexity index is 1230. The lowest BCUT2D eigenvalue weighted by atomic mass is 10.1. The molecule has 10 heteroatoms. The molecule has 3 heterocycles. The Labute approximate surface area is 190 Å². The molecule has 0 aliphatic carbocycles. The first-order valence-corrected chi connectivity index (χ1v) is 11.0. The topological polar surface area (TPSA) is 122 Å². The van der Waals surface area contributed by atoms with Crippen LogP contribution in [0, 0.1) is 0 Å². The van der Waals surface area contributed by atoms with Gasteiger partial charge in [0.25, 0.3) is 5.56 Å². The number of ether oxygens (including phenoxy) is 1. The van der Waals surface area contributed by atoms with Crippen molar-refractivity contribution in [2.75, 3.05) is 19.8 Å². The number of aliphatic hydroxyl groups is 1. The minimum Gasteiger partial charge on any atom is -0.494 e. The molecule has 0 amide bonds. The number of H-pyrrole nitrogens is 1. The third-order valence-corrected chi connectivity index (χ3v) is 5.55. The average Bonchev–Trinajstić information content (AvgIpc) is 3.49. The highest BCUT2D eigenvalue weighted by Gasteiger charge is 2.23. The van der Waals surface area contributed by atoms with Gasteiger partial charge in [-0.2, -0.15) is 0 Å². The van der Waals surface area contributed by atoms with Crippen LogP contribution in [0.4, 0.5) is 0 Å². The van der Waals surface area contributed by atoms with Crippen LogP contribution in [0.25, 0.3) is 10.9 Å². The summed E-state index contributed by atoms with van der Waals surface area (Å²) in [6.45, 7) is 5.89. The number of hydrogen-bond acceptors (Lipinski definition) is 8. The molecule has 1 atom stereocenters. The molecule has 3 aromatic heterocycles. The lowest BCUT2D eigenvalue weighted by Crippen LogP contribution is -2.32. The number of nitrogens with zero attached hydrogens (tertiary/aromatic N) is 5. The fourth-order valence-electron chi connectivity index (χ4n) is 3.84. The van der Waals surface area contributed by atoms with Gasteiger partial charge in [0, 0.05) is 36.2 Å². The number of aliphatic hydroxyl groups excluding tert-OH is 1. The molecule has 10 nitrogen and oxygen atoms in total. The van der Waals surface area contributed by atoms with Gasteiger partial charge in [-0.3, -0.25) is 9.69 Å². The summed E-state index contributed by atoms with van der Waals surface area (Å²) in [6, 6.07) is 11.0. The van der Waals surface area contributed by atoms with Crippen molar-refractivity contribution in [1.82, 2.24) is 30.1 Å². The Hall–Kier alpha value is -3.50. The van der Waals surface area contributed by atoms with Gasteiger partial charge in [0.2, 0.25) is 0 Å². The van der Waals surface area contributed by atoms with E-state index < -0.39 is 0 Å². The molecular weight excluding hydrogens is 424 g/mol. The third kappa shape index (κ3) is 5.29. The van der Waals surface area contributed by atoms with Crippen molar-refractivity contribution in [3.63, 3.8) is 0 Å². The largest absolute Gasteiger partial charge is 0.494 e. The lowest BCUT2D eigenvalue weighted by molar-refractivity contribution is 0.166. The van der Waals surface area contributed by atoms with Crippen molar-refractivity contribution < 1.29 is 14.3 Å². The molecule has 2 N–H and O–H groups in total. The van der Waals surface area contributed by atoms with E-state index >= 15 is 0 Å². The van der Waals surface area contributed by atoms with Crippen LogP contribution < -0.4 is 10.3 Å². The normalized spacial score (nSPS) is 12.5. The van der Waals surface area contributed by atoms with Crippen LogP contribution in [0.5, 0.6) is 5.75 Å². The molecule has 0 unspecified atom stereocenters. The lowest BCUT2D eigenvalue weighted by Gasteiger charge is -2.28. The summed E-state index contributed by atoms with van der Waals surface area (Å²) in [5.41, 5.74) is 1.22. The van der Waals surface area contributed by atoms with Crippen LogP contribution in [0.2, 0.25) is 0 Å². The van der Waals surface area contributed by atoms with Gasteiger partial charge in [-0.05, 0) is 67.1 Å². The third-order valence-electron chi connectivity index (χ3n) is 5.55. The van der Waals surface area contributed by atoms with E-state index in [1.165, 1.54) is 0 Å². The summed E-state index contributed by atoms with van der Waals surface area (Å²) < 4.78 is 12.7. The summed E-state index contributed by atoms with van der Waals surface area (Å²) in [4.78, 5) is 17.9. The van der Waals surface area contributed by atoms with Crippen molar-refractivity contribution in [3.05, 3.63) is 70.2 Å². The summed E-state index contributed by atoms with van der Waals surface area (Å²) in [6.07, 6.45) is 2.17. The highest BCUT2D eigenvalue weighted by Crippen LogP contribution is 2.23. The van der Waals surface area contributed by atoms with E-state index in [0.717, 1.165) is 22.4 Å². The predicted molar refractivity (Wildman–Crippen MR) is 122 cm³/mol. The number of rotatable bonds is 11. The number of fused-ring (bicyclic) bond motifs is 1. The fraction of sp³-hybridized carbons (Fsp3) is 0.391. The monoisotopic (exact) mass is 452 g/mol. The molecule has 0 bridgehead atoms. The molecule has 1 aromatic carbocycles. The van der Waals surface area contributed by atoms with Gasteiger partial charge in [0.05, 0.1) is 18.9 Å². The van der Waals surface area contributed by atoms with Gasteiger partial charge in [-0.1, -0.05) is 0 Å². The van der Waals surface area contributed by atoms with Gasteiger partial charge in [0.15, 0.2) is 5.82 Å². The van der Waals surface area contributed by atoms with Crippen LogP contribution in [-0.4, -0.2) is 55.0 Å². The molecule has 0 radical (unpaired) electrons. The predicted octanol–water partition coefficient (Wildman–Crippen LogP) is 2.50. The van der Waals surface area contributed by atoms with E-state index in [4.69, 9.17) is 9.15 Å². The maximum Gasteiger partial charge on any atom is 0.252 e. The highest BCUT2D eigenvalue weighted by atomic mass is 16.5.